The van der Waals surface area contributed by atoms with Gasteiger partial charge in [-0.2, -0.15) is 0 Å². The molecule has 1 fully saturated rings. The molecule has 1 aromatic rings. The van der Waals surface area contributed by atoms with Crippen LogP contribution >= 0.6 is 0 Å². The molecule has 0 amide bonds. The number of nitrogens with one attached hydrogen (secondary N) is 1. The normalized spacial score (nSPS) is 36.6. The number of hydrogen-bond donors (Lipinski definition) is 4. The predicted molar refractivity (Wildman–Crippen MR) is 67.6 cm³/mol. The second-order valence-corrected chi connectivity index (χ2v) is 4.72. The monoisotopic (exact) mass is 252 g/mol. The SMILES string of the molecule is C[C@@H]1NC(N)[C@@H](O)[C@H](OCc2ccccc2)[C@@H]1O. The van der Waals surface area contributed by atoms with Crippen LogP contribution in [-0.4, -0.2) is 40.7 Å². The van der Waals surface area contributed by atoms with E-state index in [0.717, 1.165) is 5.56 Å². The molecule has 1 aliphatic heterocycles. The van der Waals surface area contributed by atoms with E-state index in [2.05, 4.69) is 5.32 Å². The maximum absolute atomic E-state index is 10.0. The van der Waals surface area contributed by atoms with Crippen molar-refractivity contribution in [2.45, 2.75) is 44.1 Å². The molecule has 5 N–H and O–H groups in total. The molecule has 18 heavy (non-hydrogen) atoms. The van der Waals surface area contributed by atoms with Crippen molar-refractivity contribution >= 4 is 0 Å². The largest absolute Gasteiger partial charge is 0.389 e. The van der Waals surface area contributed by atoms with Gasteiger partial charge in [0.05, 0.1) is 18.9 Å². The Kier molecular flexibility index (Phi) is 4.31. The molecule has 0 spiro atoms. The van der Waals surface area contributed by atoms with E-state index < -0.39 is 24.5 Å². The lowest BCUT2D eigenvalue weighted by Crippen LogP contribution is -2.67. The fourth-order valence-electron chi connectivity index (χ4n) is 2.16. The van der Waals surface area contributed by atoms with Gasteiger partial charge in [-0.05, 0) is 12.5 Å². The van der Waals surface area contributed by atoms with Crippen molar-refractivity contribution in [2.75, 3.05) is 0 Å². The number of aliphatic hydroxyl groups is 2. The van der Waals surface area contributed by atoms with Crippen molar-refractivity contribution in [3.8, 4) is 0 Å². The molecule has 0 saturated carbocycles. The maximum atomic E-state index is 10.0. The quantitative estimate of drug-likeness (QED) is 0.586. The van der Waals surface area contributed by atoms with Crippen molar-refractivity contribution in [1.29, 1.82) is 0 Å². The molecule has 1 aliphatic rings. The molecule has 0 aromatic heterocycles. The third-order valence-corrected chi connectivity index (χ3v) is 3.29. The zero-order valence-corrected chi connectivity index (χ0v) is 10.4. The van der Waals surface area contributed by atoms with Crippen LogP contribution in [0, 0.1) is 0 Å². The van der Waals surface area contributed by atoms with Gasteiger partial charge in [0.2, 0.25) is 0 Å². The van der Waals surface area contributed by atoms with Crippen LogP contribution in [0.1, 0.15) is 12.5 Å². The van der Waals surface area contributed by atoms with Gasteiger partial charge >= 0.3 is 0 Å². The smallest absolute Gasteiger partial charge is 0.114 e. The Hall–Kier alpha value is -0.980. The molecular weight excluding hydrogens is 232 g/mol. The van der Waals surface area contributed by atoms with Crippen molar-refractivity contribution in [1.82, 2.24) is 5.32 Å². The van der Waals surface area contributed by atoms with Gasteiger partial charge in [-0.25, -0.2) is 0 Å². The topological polar surface area (TPSA) is 87.7 Å². The molecule has 1 unspecified atom stereocenters. The summed E-state index contributed by atoms with van der Waals surface area (Å²) in [6.45, 7) is 2.16. The fourth-order valence-corrected chi connectivity index (χ4v) is 2.16. The first kappa shape index (κ1) is 13.5. The average Bonchev–Trinajstić information content (AvgIpc) is 2.38. The Morgan fingerprint density at radius 3 is 2.56 bits per heavy atom. The lowest BCUT2D eigenvalue weighted by molar-refractivity contribution is -0.145. The molecule has 100 valence electrons. The molecule has 5 heteroatoms. The summed E-state index contributed by atoms with van der Waals surface area (Å²) in [6.07, 6.45) is -2.94. The van der Waals surface area contributed by atoms with E-state index in [1.54, 1.807) is 0 Å². The van der Waals surface area contributed by atoms with Crippen LogP contribution in [0.25, 0.3) is 0 Å². The van der Waals surface area contributed by atoms with Crippen LogP contribution in [-0.2, 0) is 11.3 Å². The highest BCUT2D eigenvalue weighted by molar-refractivity contribution is 5.13. The van der Waals surface area contributed by atoms with E-state index in [0.29, 0.717) is 6.61 Å². The van der Waals surface area contributed by atoms with Crippen LogP contribution in [0.4, 0.5) is 0 Å². The van der Waals surface area contributed by atoms with Gasteiger partial charge in [-0.1, -0.05) is 30.3 Å². The summed E-state index contributed by atoms with van der Waals surface area (Å²) in [7, 11) is 0. The van der Waals surface area contributed by atoms with Gasteiger partial charge in [-0.3, -0.25) is 5.32 Å². The van der Waals surface area contributed by atoms with E-state index in [-0.39, 0.29) is 6.04 Å². The highest BCUT2D eigenvalue weighted by atomic mass is 16.5. The molecule has 0 radical (unpaired) electrons. The third kappa shape index (κ3) is 2.88. The van der Waals surface area contributed by atoms with Crippen molar-refractivity contribution in [3.63, 3.8) is 0 Å². The van der Waals surface area contributed by atoms with Crippen molar-refractivity contribution in [3.05, 3.63) is 35.9 Å². The maximum Gasteiger partial charge on any atom is 0.114 e. The first-order valence-corrected chi connectivity index (χ1v) is 6.13. The summed E-state index contributed by atoms with van der Waals surface area (Å²) in [5.74, 6) is 0. The number of benzene rings is 1. The van der Waals surface area contributed by atoms with E-state index >= 15 is 0 Å². The van der Waals surface area contributed by atoms with Crippen molar-refractivity contribution in [2.24, 2.45) is 5.73 Å². The number of rotatable bonds is 3. The Labute approximate surface area is 107 Å². The molecule has 5 nitrogen and oxygen atoms in total. The number of piperidine rings is 1. The summed E-state index contributed by atoms with van der Waals surface area (Å²) in [4.78, 5) is 0. The van der Waals surface area contributed by atoms with Crippen LogP contribution in [0.5, 0.6) is 0 Å². The molecule has 5 atom stereocenters. The minimum absolute atomic E-state index is 0.204. The number of ether oxygens (including phenoxy) is 1. The number of hydrogen-bond acceptors (Lipinski definition) is 5. The summed E-state index contributed by atoms with van der Waals surface area (Å²) in [5.41, 5.74) is 6.73. The van der Waals surface area contributed by atoms with Crippen LogP contribution in [0.15, 0.2) is 30.3 Å². The van der Waals surface area contributed by atoms with E-state index in [4.69, 9.17) is 10.5 Å². The highest BCUT2D eigenvalue weighted by Crippen LogP contribution is 2.18. The van der Waals surface area contributed by atoms with Gasteiger partial charge in [0.15, 0.2) is 0 Å². The summed E-state index contributed by atoms with van der Waals surface area (Å²) in [6, 6.07) is 9.43. The van der Waals surface area contributed by atoms with E-state index in [9.17, 15) is 10.2 Å². The Morgan fingerprint density at radius 1 is 1.22 bits per heavy atom. The van der Waals surface area contributed by atoms with Gasteiger partial charge in [0, 0.05) is 6.04 Å². The predicted octanol–water partition coefficient (Wildman–Crippen LogP) is -0.430. The first-order valence-electron chi connectivity index (χ1n) is 6.13. The summed E-state index contributed by atoms with van der Waals surface area (Å²) in [5, 5.41) is 22.8. The zero-order chi connectivity index (χ0) is 13.1. The molecular formula is C13H20N2O3. The van der Waals surface area contributed by atoms with Gasteiger partial charge in [-0.15, -0.1) is 0 Å². The summed E-state index contributed by atoms with van der Waals surface area (Å²) >= 11 is 0. The Bertz CT molecular complexity index is 360. The number of nitrogens with two attached hydrogens (primary N) is 1. The molecule has 1 saturated heterocycles. The van der Waals surface area contributed by atoms with Crippen LogP contribution in [0.2, 0.25) is 0 Å². The van der Waals surface area contributed by atoms with Crippen LogP contribution < -0.4 is 11.1 Å². The summed E-state index contributed by atoms with van der Waals surface area (Å²) < 4.78 is 5.61. The van der Waals surface area contributed by atoms with E-state index in [1.807, 2.05) is 37.3 Å². The first-order chi connectivity index (χ1) is 8.59. The molecule has 1 aromatic carbocycles. The molecule has 0 aliphatic carbocycles. The zero-order valence-electron chi connectivity index (χ0n) is 10.4. The molecule has 1 heterocycles. The minimum Gasteiger partial charge on any atom is -0.389 e. The van der Waals surface area contributed by atoms with Gasteiger partial charge in [0.25, 0.3) is 0 Å². The minimum atomic E-state index is -0.917. The Morgan fingerprint density at radius 2 is 1.89 bits per heavy atom. The standard InChI is InChI=1S/C13H20N2O3/c1-8-10(16)12(11(17)13(14)15-8)18-7-9-5-3-2-4-6-9/h2-6,8,10-13,15-17H,7,14H2,1H3/t8-,10+,11-,12+,13?/m0/s1. The Balaban J connectivity index is 1.98. The van der Waals surface area contributed by atoms with E-state index in [1.165, 1.54) is 0 Å². The van der Waals surface area contributed by atoms with Gasteiger partial charge in [0.1, 0.15) is 12.2 Å². The highest BCUT2D eigenvalue weighted by Gasteiger charge is 2.40. The molecule has 2 rings (SSSR count). The number of aliphatic hydroxyl groups excluding tert-OH is 2. The average molecular weight is 252 g/mol. The second kappa shape index (κ2) is 5.77. The fraction of sp³-hybridized carbons (Fsp3) is 0.538. The lowest BCUT2D eigenvalue weighted by atomic mass is 9.95. The second-order valence-electron chi connectivity index (χ2n) is 4.72. The van der Waals surface area contributed by atoms with Crippen molar-refractivity contribution < 1.29 is 14.9 Å². The van der Waals surface area contributed by atoms with Crippen LogP contribution in [0.3, 0.4) is 0 Å². The lowest BCUT2D eigenvalue weighted by Gasteiger charge is -2.40. The third-order valence-electron chi connectivity index (χ3n) is 3.29. The molecule has 0 bridgehead atoms. The van der Waals surface area contributed by atoms with Gasteiger partial charge < -0.3 is 20.7 Å².